The number of carbonyl (C=O) groups is 2. The molecule has 0 atom stereocenters. The summed E-state index contributed by atoms with van der Waals surface area (Å²) in [6.45, 7) is 0.213. The van der Waals surface area contributed by atoms with Crippen LogP contribution in [0.25, 0.3) is 0 Å². The number of carbonyl (C=O) groups excluding carboxylic acids is 2. The third-order valence-electron chi connectivity index (χ3n) is 4.85. The number of nitrogens with zero attached hydrogens (tertiary/aromatic N) is 1. The van der Waals surface area contributed by atoms with Gasteiger partial charge in [-0.05, 0) is 48.0 Å². The van der Waals surface area contributed by atoms with Gasteiger partial charge in [0.1, 0.15) is 17.2 Å². The van der Waals surface area contributed by atoms with E-state index in [4.69, 9.17) is 14.2 Å². The molecule has 0 bridgehead atoms. The van der Waals surface area contributed by atoms with Crippen molar-refractivity contribution in [3.8, 4) is 17.2 Å². The van der Waals surface area contributed by atoms with Crippen molar-refractivity contribution in [2.75, 3.05) is 30.5 Å². The number of hydrogen-bond acceptors (Lipinski definition) is 5. The standard InChI is InChI=1S/C24H21BrN2O5/c1-30-19-3-2-4-20(12-19)31-14-23(28)26-18-9-10-22-21(11-18)27(24(29)15-32-22)13-16-5-7-17(25)8-6-16/h2-12H,13-15H2,1H3,(H,26,28). The molecule has 1 aliphatic rings. The molecule has 7 nitrogen and oxygen atoms in total. The highest BCUT2D eigenvalue weighted by atomic mass is 79.9. The number of nitrogens with one attached hydrogen (secondary N) is 1. The van der Waals surface area contributed by atoms with Crippen molar-refractivity contribution >= 4 is 39.1 Å². The minimum absolute atomic E-state index is 0.0242. The average molecular weight is 497 g/mol. The van der Waals surface area contributed by atoms with Crippen molar-refractivity contribution < 1.29 is 23.8 Å². The number of anilines is 2. The molecular weight excluding hydrogens is 476 g/mol. The second-order valence-corrected chi connectivity index (χ2v) is 8.01. The van der Waals surface area contributed by atoms with Crippen LogP contribution in [0, 0.1) is 0 Å². The molecule has 164 valence electrons. The molecule has 1 N–H and O–H groups in total. The van der Waals surface area contributed by atoms with Gasteiger partial charge in [-0.25, -0.2) is 0 Å². The number of methoxy groups -OCH3 is 1. The normalized spacial score (nSPS) is 12.6. The summed E-state index contributed by atoms with van der Waals surface area (Å²) in [7, 11) is 1.57. The number of fused-ring (bicyclic) bond motifs is 1. The number of rotatable bonds is 7. The molecular formula is C24H21BrN2O5. The monoisotopic (exact) mass is 496 g/mol. The minimum atomic E-state index is -0.324. The largest absolute Gasteiger partial charge is 0.497 e. The van der Waals surface area contributed by atoms with Crippen LogP contribution in [-0.4, -0.2) is 32.1 Å². The summed E-state index contributed by atoms with van der Waals surface area (Å²) in [6.07, 6.45) is 0. The first-order chi connectivity index (χ1) is 15.5. The van der Waals surface area contributed by atoms with Crippen LogP contribution in [0.15, 0.2) is 71.2 Å². The first kappa shape index (κ1) is 21.7. The van der Waals surface area contributed by atoms with E-state index in [1.165, 1.54) is 0 Å². The highest BCUT2D eigenvalue weighted by Gasteiger charge is 2.26. The summed E-state index contributed by atoms with van der Waals surface area (Å²) in [4.78, 5) is 26.6. The smallest absolute Gasteiger partial charge is 0.265 e. The summed E-state index contributed by atoms with van der Waals surface area (Å²) in [5.41, 5.74) is 2.13. The lowest BCUT2D eigenvalue weighted by Crippen LogP contribution is -2.38. The Morgan fingerprint density at radius 1 is 1.09 bits per heavy atom. The minimum Gasteiger partial charge on any atom is -0.497 e. The Balaban J connectivity index is 1.45. The molecule has 32 heavy (non-hydrogen) atoms. The fraction of sp³-hybridized carbons (Fsp3) is 0.167. The van der Waals surface area contributed by atoms with E-state index in [-0.39, 0.29) is 25.0 Å². The molecule has 0 saturated carbocycles. The van der Waals surface area contributed by atoms with Gasteiger partial charge >= 0.3 is 0 Å². The molecule has 0 radical (unpaired) electrons. The van der Waals surface area contributed by atoms with Gasteiger partial charge in [-0.2, -0.15) is 0 Å². The number of ether oxygens (including phenoxy) is 3. The highest BCUT2D eigenvalue weighted by molar-refractivity contribution is 9.10. The zero-order valence-electron chi connectivity index (χ0n) is 17.3. The summed E-state index contributed by atoms with van der Waals surface area (Å²) in [5.74, 6) is 1.30. The number of halogens is 1. The molecule has 0 spiro atoms. The van der Waals surface area contributed by atoms with E-state index in [9.17, 15) is 9.59 Å². The molecule has 0 unspecified atom stereocenters. The third-order valence-corrected chi connectivity index (χ3v) is 5.38. The zero-order chi connectivity index (χ0) is 22.5. The lowest BCUT2D eigenvalue weighted by molar-refractivity contribution is -0.121. The maximum absolute atomic E-state index is 12.5. The van der Waals surface area contributed by atoms with Crippen molar-refractivity contribution in [2.45, 2.75) is 6.54 Å². The van der Waals surface area contributed by atoms with Gasteiger partial charge in [-0.3, -0.25) is 9.59 Å². The quantitative estimate of drug-likeness (QED) is 0.524. The van der Waals surface area contributed by atoms with Crippen molar-refractivity contribution in [3.63, 3.8) is 0 Å². The van der Waals surface area contributed by atoms with Gasteiger partial charge < -0.3 is 24.4 Å². The Morgan fingerprint density at radius 3 is 2.66 bits per heavy atom. The third kappa shape index (κ3) is 5.20. The van der Waals surface area contributed by atoms with Crippen molar-refractivity contribution in [3.05, 3.63) is 76.8 Å². The molecule has 1 aliphatic heterocycles. The van der Waals surface area contributed by atoms with Gasteiger partial charge in [-0.15, -0.1) is 0 Å². The van der Waals surface area contributed by atoms with Crippen LogP contribution >= 0.6 is 15.9 Å². The molecule has 0 saturated heterocycles. The highest BCUT2D eigenvalue weighted by Crippen LogP contribution is 2.35. The zero-order valence-corrected chi connectivity index (χ0v) is 18.9. The molecule has 4 rings (SSSR count). The van der Waals surface area contributed by atoms with Gasteiger partial charge in [0.25, 0.3) is 11.8 Å². The second-order valence-electron chi connectivity index (χ2n) is 7.09. The van der Waals surface area contributed by atoms with Gasteiger partial charge in [0.15, 0.2) is 13.2 Å². The van der Waals surface area contributed by atoms with Gasteiger partial charge in [-0.1, -0.05) is 34.1 Å². The number of benzene rings is 3. The predicted molar refractivity (Wildman–Crippen MR) is 124 cm³/mol. The Labute approximate surface area is 194 Å². The topological polar surface area (TPSA) is 77.1 Å². The Bertz CT molecular complexity index is 1130. The van der Waals surface area contributed by atoms with Crippen molar-refractivity contribution in [2.24, 2.45) is 0 Å². The van der Waals surface area contributed by atoms with E-state index in [0.29, 0.717) is 35.2 Å². The summed E-state index contributed by atoms with van der Waals surface area (Å²) in [5, 5.41) is 2.80. The summed E-state index contributed by atoms with van der Waals surface area (Å²) in [6, 6.07) is 20.0. The van der Waals surface area contributed by atoms with E-state index in [2.05, 4.69) is 21.2 Å². The Hall–Kier alpha value is -3.52. The molecule has 3 aromatic carbocycles. The van der Waals surface area contributed by atoms with Crippen LogP contribution in [0.5, 0.6) is 17.2 Å². The van der Waals surface area contributed by atoms with Crippen molar-refractivity contribution in [1.82, 2.24) is 0 Å². The van der Waals surface area contributed by atoms with Gasteiger partial charge in [0.05, 0.1) is 19.3 Å². The number of amides is 2. The Morgan fingerprint density at radius 2 is 1.88 bits per heavy atom. The fourth-order valence-corrected chi connectivity index (χ4v) is 3.53. The molecule has 1 heterocycles. The van der Waals surface area contributed by atoms with Crippen LogP contribution in [0.3, 0.4) is 0 Å². The lowest BCUT2D eigenvalue weighted by Gasteiger charge is -2.30. The van der Waals surface area contributed by atoms with Gasteiger partial charge in [0.2, 0.25) is 0 Å². The number of hydrogen-bond donors (Lipinski definition) is 1. The summed E-state index contributed by atoms with van der Waals surface area (Å²) < 4.78 is 17.2. The molecule has 0 fully saturated rings. The van der Waals surface area contributed by atoms with Crippen LogP contribution in [0.1, 0.15) is 5.56 Å². The van der Waals surface area contributed by atoms with Crippen LogP contribution < -0.4 is 24.4 Å². The second kappa shape index (κ2) is 9.74. The predicted octanol–water partition coefficient (Wildman–Crippen LogP) is 4.40. The molecule has 0 aliphatic carbocycles. The average Bonchev–Trinajstić information content (AvgIpc) is 2.81. The Kier molecular flexibility index (Phi) is 6.61. The van der Waals surface area contributed by atoms with E-state index < -0.39 is 0 Å². The van der Waals surface area contributed by atoms with E-state index in [1.54, 1.807) is 54.5 Å². The van der Waals surface area contributed by atoms with Crippen molar-refractivity contribution in [1.29, 1.82) is 0 Å². The first-order valence-corrected chi connectivity index (χ1v) is 10.7. The maximum atomic E-state index is 12.5. The first-order valence-electron chi connectivity index (χ1n) is 9.90. The van der Waals surface area contributed by atoms with E-state index in [1.807, 2.05) is 24.3 Å². The van der Waals surface area contributed by atoms with Crippen LogP contribution in [0.4, 0.5) is 11.4 Å². The fourth-order valence-electron chi connectivity index (χ4n) is 3.26. The lowest BCUT2D eigenvalue weighted by atomic mass is 10.1. The van der Waals surface area contributed by atoms with Gasteiger partial charge in [0, 0.05) is 16.2 Å². The summed E-state index contributed by atoms with van der Waals surface area (Å²) >= 11 is 3.42. The molecule has 0 aromatic heterocycles. The maximum Gasteiger partial charge on any atom is 0.265 e. The SMILES string of the molecule is COc1cccc(OCC(=O)Nc2ccc3c(c2)N(Cc2ccc(Br)cc2)C(=O)CO3)c1. The molecule has 3 aromatic rings. The van der Waals surface area contributed by atoms with Crippen LogP contribution in [0.2, 0.25) is 0 Å². The van der Waals surface area contributed by atoms with E-state index in [0.717, 1.165) is 10.0 Å². The van der Waals surface area contributed by atoms with Crippen LogP contribution in [-0.2, 0) is 16.1 Å². The molecule has 8 heteroatoms. The van der Waals surface area contributed by atoms with E-state index >= 15 is 0 Å². The molecule has 2 amide bonds.